The summed E-state index contributed by atoms with van der Waals surface area (Å²) in [6, 6.07) is 0. The number of amides is 1. The molecule has 4 N–H and O–H groups in total. The van der Waals surface area contributed by atoms with Gasteiger partial charge in [0, 0.05) is 0 Å². The van der Waals surface area contributed by atoms with E-state index in [0.717, 1.165) is 0 Å². The van der Waals surface area contributed by atoms with Gasteiger partial charge in [-0.1, -0.05) is 0 Å². The molecule has 0 heterocycles. The maximum Gasteiger partial charge on any atom is 0.287 e. The first-order valence-electron chi connectivity index (χ1n) is 1.74. The van der Waals surface area contributed by atoms with Crippen LogP contribution in [0.15, 0.2) is 0 Å². The van der Waals surface area contributed by atoms with Crippen molar-refractivity contribution in [2.75, 3.05) is 6.61 Å². The smallest absolute Gasteiger partial charge is 0.287 e. The van der Waals surface area contributed by atoms with Gasteiger partial charge in [-0.25, -0.2) is 12.5 Å². The molecule has 0 aromatic heterocycles. The second-order valence-electron chi connectivity index (χ2n) is 0.948. The van der Waals surface area contributed by atoms with Crippen molar-refractivity contribution in [3.63, 3.8) is 0 Å². The number of hydrogen-bond donors (Lipinski definition) is 2. The molecule has 0 spiro atoms. The van der Waals surface area contributed by atoms with Crippen molar-refractivity contribution in [2.24, 2.45) is 0 Å². The lowest BCUT2D eigenvalue weighted by Gasteiger charge is -1.97. The minimum absolute atomic E-state index is 0.0243. The summed E-state index contributed by atoms with van der Waals surface area (Å²) in [5.41, 5.74) is 2.11. The van der Waals surface area contributed by atoms with E-state index in [4.69, 9.17) is 0 Å². The van der Waals surface area contributed by atoms with Crippen LogP contribution in [0, 0.1) is 7.11 Å². The van der Waals surface area contributed by atoms with E-state index in [1.54, 1.807) is 0 Å². The van der Waals surface area contributed by atoms with Gasteiger partial charge in [-0.3, -0.25) is 10.6 Å². The van der Waals surface area contributed by atoms with Crippen molar-refractivity contribution >= 4 is 5.91 Å². The van der Waals surface area contributed by atoms with Crippen molar-refractivity contribution in [1.82, 2.24) is 5.43 Å². The van der Waals surface area contributed by atoms with Crippen LogP contribution < -0.4 is 11.3 Å². The predicted octanol–water partition coefficient (Wildman–Crippen LogP) is -1.93. The van der Waals surface area contributed by atoms with Crippen LogP contribution in [0.4, 0.5) is 0 Å². The van der Waals surface area contributed by atoms with Crippen LogP contribution in [0.5, 0.6) is 0 Å². The van der Waals surface area contributed by atoms with Crippen LogP contribution in [-0.2, 0) is 9.53 Å². The van der Waals surface area contributed by atoms with Crippen LogP contribution in [0.1, 0.15) is 0 Å². The number of nitrogens with one attached hydrogen (secondary N) is 1. The quantitative estimate of drug-likeness (QED) is 0.316. The summed E-state index contributed by atoms with van der Waals surface area (Å²) in [4.78, 5) is 10.1. The Morgan fingerprint density at radius 2 is 2.57 bits per heavy atom. The monoisotopic (exact) mass is 104 g/mol. The fourth-order valence-corrected chi connectivity index (χ4v) is 0.144. The number of carbonyl (C=O) groups excluding carboxylic acids is 1. The highest BCUT2D eigenvalue weighted by Crippen LogP contribution is 1.63. The summed E-state index contributed by atoms with van der Waals surface area (Å²) in [5.74, 6) is 2.83. The zero-order chi connectivity index (χ0) is 5.70. The van der Waals surface area contributed by atoms with Crippen molar-refractivity contribution in [2.45, 2.75) is 0 Å². The molecule has 0 aromatic carbocycles. The molecular weight excluding hydrogens is 96.0 g/mol. The first-order valence-corrected chi connectivity index (χ1v) is 1.74. The summed E-state index contributed by atoms with van der Waals surface area (Å²) < 4.78 is 4.19. The molecule has 0 unspecified atom stereocenters. The van der Waals surface area contributed by atoms with E-state index >= 15 is 0 Å². The second kappa shape index (κ2) is 3.58. The maximum atomic E-state index is 10.1. The van der Waals surface area contributed by atoms with E-state index in [2.05, 4.69) is 23.1 Å². The molecule has 0 fully saturated rings. The Balaban J connectivity index is 3.00. The van der Waals surface area contributed by atoms with Gasteiger partial charge in [0.15, 0.2) is 0 Å². The van der Waals surface area contributed by atoms with E-state index in [0.29, 0.717) is 0 Å². The highest BCUT2D eigenvalue weighted by atomic mass is 16.5. The van der Waals surface area contributed by atoms with Gasteiger partial charge in [-0.05, 0) is 0 Å². The van der Waals surface area contributed by atoms with Crippen molar-refractivity contribution < 1.29 is 15.4 Å². The van der Waals surface area contributed by atoms with Crippen LogP contribution in [0.2, 0.25) is 0 Å². The second-order valence-corrected chi connectivity index (χ2v) is 0.948. The lowest BCUT2D eigenvalue weighted by molar-refractivity contribution is -0.427. The SMILES string of the molecule is [CH2-]OCC(=O)N[NH3+]. The zero-order valence-electron chi connectivity index (χ0n) is 3.94. The van der Waals surface area contributed by atoms with Crippen LogP contribution in [-0.4, -0.2) is 12.5 Å². The van der Waals surface area contributed by atoms with E-state index in [-0.39, 0.29) is 12.5 Å². The zero-order valence-corrected chi connectivity index (χ0v) is 3.94. The Bertz CT molecular complexity index is 64.0. The average Bonchev–Trinajstić information content (AvgIpc) is 1.68. The van der Waals surface area contributed by atoms with Gasteiger partial charge in [-0.2, -0.15) is 0 Å². The average molecular weight is 104 g/mol. The van der Waals surface area contributed by atoms with E-state index in [9.17, 15) is 4.79 Å². The molecule has 0 aliphatic heterocycles. The topological polar surface area (TPSA) is 66.0 Å². The fourth-order valence-electron chi connectivity index (χ4n) is 0.144. The van der Waals surface area contributed by atoms with Crippen molar-refractivity contribution in [3.8, 4) is 0 Å². The van der Waals surface area contributed by atoms with Crippen LogP contribution in [0.25, 0.3) is 0 Å². The molecule has 1 amide bonds. The molecule has 0 aliphatic carbocycles. The number of quaternary nitrogens is 1. The third-order valence-electron chi connectivity index (χ3n) is 0.430. The minimum Gasteiger partial charge on any atom is -0.548 e. The normalized spacial score (nSPS) is 8.29. The standard InChI is InChI=1S/C3H7N2O2/c1-7-2-3(6)5-4/h1-2,4H2,(H,5,6)/q-1/p+1. The Hall–Kier alpha value is -0.610. The summed E-state index contributed by atoms with van der Waals surface area (Å²) in [6.07, 6.45) is 0. The van der Waals surface area contributed by atoms with Crippen LogP contribution >= 0.6 is 0 Å². The molecule has 0 radical (unpaired) electrons. The van der Waals surface area contributed by atoms with Gasteiger partial charge in [0.2, 0.25) is 0 Å². The molecule has 0 saturated carbocycles. The van der Waals surface area contributed by atoms with Crippen LogP contribution in [0.3, 0.4) is 0 Å². The lowest BCUT2D eigenvalue weighted by Crippen LogP contribution is -2.67. The molecule has 0 bridgehead atoms. The predicted molar refractivity (Wildman–Crippen MR) is 22.3 cm³/mol. The Kier molecular flexibility index (Phi) is 3.26. The molecule has 7 heavy (non-hydrogen) atoms. The van der Waals surface area contributed by atoms with Crippen molar-refractivity contribution in [1.29, 1.82) is 0 Å². The minimum atomic E-state index is -0.269. The fraction of sp³-hybridized carbons (Fsp3) is 0.333. The molecule has 0 aliphatic rings. The largest absolute Gasteiger partial charge is 0.548 e. The molecule has 4 nitrogen and oxygen atoms in total. The Labute approximate surface area is 41.6 Å². The van der Waals surface area contributed by atoms with Gasteiger partial charge in [-0.15, -0.1) is 0 Å². The number of ether oxygens (including phenoxy) is 1. The Morgan fingerprint density at radius 3 is 2.71 bits per heavy atom. The molecule has 0 aromatic rings. The molecule has 0 atom stereocenters. The first-order chi connectivity index (χ1) is 3.31. The highest BCUT2D eigenvalue weighted by molar-refractivity contribution is 5.75. The molecule has 4 heteroatoms. The summed E-state index contributed by atoms with van der Waals surface area (Å²) >= 11 is 0. The third kappa shape index (κ3) is 3.21. The molecule has 0 rings (SSSR count). The number of rotatable bonds is 2. The van der Waals surface area contributed by atoms with Gasteiger partial charge in [0.1, 0.15) is 0 Å². The van der Waals surface area contributed by atoms with Gasteiger partial charge in [0.25, 0.3) is 5.91 Å². The van der Waals surface area contributed by atoms with E-state index in [1.807, 2.05) is 0 Å². The van der Waals surface area contributed by atoms with E-state index < -0.39 is 0 Å². The summed E-state index contributed by atoms with van der Waals surface area (Å²) in [5, 5.41) is 0. The van der Waals surface area contributed by atoms with Gasteiger partial charge >= 0.3 is 0 Å². The summed E-state index contributed by atoms with van der Waals surface area (Å²) in [6.45, 7) is -0.0243. The third-order valence-corrected chi connectivity index (χ3v) is 0.430. The van der Waals surface area contributed by atoms with Gasteiger partial charge in [0.05, 0.1) is 6.61 Å². The number of hydrogen-bond acceptors (Lipinski definition) is 2. The van der Waals surface area contributed by atoms with Gasteiger partial charge < -0.3 is 4.74 Å². The lowest BCUT2D eigenvalue weighted by atomic mass is 10.7. The van der Waals surface area contributed by atoms with Crippen molar-refractivity contribution in [3.05, 3.63) is 7.11 Å². The molecular formula is C3H8N2O2. The Morgan fingerprint density at radius 1 is 2.00 bits per heavy atom. The molecule has 0 saturated heterocycles. The first kappa shape index (κ1) is 6.39. The maximum absolute atomic E-state index is 10.1. The molecule has 42 valence electrons. The summed E-state index contributed by atoms with van der Waals surface area (Å²) in [7, 11) is 2.98. The highest BCUT2D eigenvalue weighted by Gasteiger charge is 1.90. The van der Waals surface area contributed by atoms with E-state index in [1.165, 1.54) is 0 Å². The number of carbonyl (C=O) groups is 1.